The lowest BCUT2D eigenvalue weighted by Gasteiger charge is -2.26. The Kier molecular flexibility index (Phi) is 10.9. The first-order chi connectivity index (χ1) is 13.7. The number of aliphatic hydroxyl groups excluding tert-OH is 2. The van der Waals surface area contributed by atoms with Gasteiger partial charge in [-0.1, -0.05) is 0 Å². The molecule has 29 heavy (non-hydrogen) atoms. The summed E-state index contributed by atoms with van der Waals surface area (Å²) in [4.78, 5) is 48.3. The van der Waals surface area contributed by atoms with Crippen LogP contribution in [0.15, 0.2) is 0 Å². The Bertz CT molecular complexity index is 584. The molecule has 1 rings (SSSR count). The molecule has 1 fully saturated rings. The van der Waals surface area contributed by atoms with E-state index in [9.17, 15) is 24.3 Å². The Balaban J connectivity index is 2.81. The second-order valence-corrected chi connectivity index (χ2v) is 7.79. The Morgan fingerprint density at radius 2 is 1.79 bits per heavy atom. The molecule has 3 amide bonds. The molecule has 0 bridgehead atoms. The first-order valence-electron chi connectivity index (χ1n) is 9.36. The highest BCUT2D eigenvalue weighted by Gasteiger charge is 2.33. The van der Waals surface area contributed by atoms with Crippen LogP contribution in [0.2, 0.25) is 0 Å². The van der Waals surface area contributed by atoms with Crippen LogP contribution >= 0.6 is 11.8 Å². The van der Waals surface area contributed by atoms with Crippen molar-refractivity contribution in [3.05, 3.63) is 0 Å². The predicted molar refractivity (Wildman–Crippen MR) is 106 cm³/mol. The Morgan fingerprint density at radius 3 is 2.28 bits per heavy atom. The predicted octanol–water partition coefficient (Wildman–Crippen LogP) is -2.60. The van der Waals surface area contributed by atoms with E-state index in [1.54, 1.807) is 6.26 Å². The second-order valence-electron chi connectivity index (χ2n) is 6.80. The molecule has 0 aromatic rings. The van der Waals surface area contributed by atoms with Crippen LogP contribution in [0.1, 0.15) is 26.2 Å². The number of carbonyl (C=O) groups is 4. The molecule has 0 spiro atoms. The average Bonchev–Trinajstić information content (AvgIpc) is 3.21. The minimum Gasteiger partial charge on any atom is -0.480 e. The van der Waals surface area contributed by atoms with Crippen molar-refractivity contribution in [3.8, 4) is 0 Å². The maximum Gasteiger partial charge on any atom is 0.328 e. The molecule has 5 atom stereocenters. The zero-order chi connectivity index (χ0) is 22.0. The maximum atomic E-state index is 12.6. The molecule has 0 aromatic carbocycles. The van der Waals surface area contributed by atoms with Crippen LogP contribution in [0.5, 0.6) is 0 Å². The summed E-state index contributed by atoms with van der Waals surface area (Å²) < 4.78 is 0. The summed E-state index contributed by atoms with van der Waals surface area (Å²) in [6.07, 6.45) is 2.24. The molecule has 11 nitrogen and oxygen atoms in total. The number of aliphatic hydroxyl groups is 2. The van der Waals surface area contributed by atoms with Crippen molar-refractivity contribution in [2.45, 2.75) is 56.5 Å². The van der Waals surface area contributed by atoms with E-state index in [0.29, 0.717) is 18.7 Å². The normalized spacial score (nSPS) is 20.2. The maximum absolute atomic E-state index is 12.6. The highest BCUT2D eigenvalue weighted by molar-refractivity contribution is 7.98. The van der Waals surface area contributed by atoms with E-state index in [4.69, 9.17) is 10.2 Å². The summed E-state index contributed by atoms with van der Waals surface area (Å²) in [6, 6.07) is -4.31. The fraction of sp³-hybridized carbons (Fsp3) is 0.765. The van der Waals surface area contributed by atoms with Crippen LogP contribution in [-0.4, -0.2) is 94.4 Å². The van der Waals surface area contributed by atoms with Crippen molar-refractivity contribution in [1.29, 1.82) is 0 Å². The van der Waals surface area contributed by atoms with Crippen molar-refractivity contribution in [2.75, 3.05) is 25.2 Å². The van der Waals surface area contributed by atoms with Gasteiger partial charge in [0.15, 0.2) is 0 Å². The molecule has 1 heterocycles. The molecule has 5 unspecified atom stereocenters. The zero-order valence-electron chi connectivity index (χ0n) is 16.5. The van der Waals surface area contributed by atoms with Crippen molar-refractivity contribution >= 4 is 35.5 Å². The fourth-order valence-electron chi connectivity index (χ4n) is 2.79. The minimum absolute atomic E-state index is 0.196. The number of thioether (sulfide) groups is 1. The Hall–Kier alpha value is -1.89. The largest absolute Gasteiger partial charge is 0.480 e. The van der Waals surface area contributed by atoms with Gasteiger partial charge in [0.2, 0.25) is 17.7 Å². The summed E-state index contributed by atoms with van der Waals surface area (Å²) in [5, 5.41) is 38.1. The fourth-order valence-corrected chi connectivity index (χ4v) is 3.26. The second kappa shape index (κ2) is 12.6. The third kappa shape index (κ3) is 8.17. The van der Waals surface area contributed by atoms with Crippen molar-refractivity contribution in [3.63, 3.8) is 0 Å². The standard InChI is InChI=1S/C17H30N4O7S/c1-9(23)13(21-14(24)10-4-3-6-18-10)16(26)19-11(5-7-29-2)15(25)20-12(8-22)17(27)28/h9-13,18,22-23H,3-8H2,1-2H3,(H,19,26)(H,20,25)(H,21,24)(H,27,28). The molecule has 0 aliphatic carbocycles. The monoisotopic (exact) mass is 434 g/mol. The molecule has 0 aromatic heterocycles. The van der Waals surface area contributed by atoms with Gasteiger partial charge in [0, 0.05) is 0 Å². The first kappa shape index (κ1) is 25.1. The van der Waals surface area contributed by atoms with E-state index in [1.165, 1.54) is 18.7 Å². The number of carboxylic acids is 1. The minimum atomic E-state index is -1.50. The number of hydrogen-bond donors (Lipinski definition) is 7. The lowest BCUT2D eigenvalue weighted by molar-refractivity contribution is -0.143. The van der Waals surface area contributed by atoms with Gasteiger partial charge in [-0.15, -0.1) is 0 Å². The van der Waals surface area contributed by atoms with E-state index in [0.717, 1.165) is 6.42 Å². The molecule has 7 N–H and O–H groups in total. The van der Waals surface area contributed by atoms with E-state index < -0.39 is 60.6 Å². The SMILES string of the molecule is CSCCC(NC(=O)C(NC(=O)C1CCCN1)C(C)O)C(=O)NC(CO)C(=O)O. The van der Waals surface area contributed by atoms with Crippen LogP contribution in [0.4, 0.5) is 0 Å². The summed E-state index contributed by atoms with van der Waals surface area (Å²) in [6.45, 7) is 1.23. The molecule has 0 saturated carbocycles. The van der Waals surface area contributed by atoms with E-state index >= 15 is 0 Å². The third-order valence-electron chi connectivity index (χ3n) is 4.48. The lowest BCUT2D eigenvalue weighted by Crippen LogP contribution is -2.60. The molecule has 12 heteroatoms. The number of hydrogen-bond acceptors (Lipinski definition) is 8. The summed E-state index contributed by atoms with van der Waals surface area (Å²) in [5.41, 5.74) is 0. The summed E-state index contributed by atoms with van der Waals surface area (Å²) >= 11 is 1.42. The van der Waals surface area contributed by atoms with Gasteiger partial charge in [-0.2, -0.15) is 11.8 Å². The molecule has 1 aliphatic rings. The van der Waals surface area contributed by atoms with Crippen molar-refractivity contribution in [1.82, 2.24) is 21.3 Å². The number of aliphatic carboxylic acids is 1. The van der Waals surface area contributed by atoms with E-state index in [-0.39, 0.29) is 6.42 Å². The summed E-state index contributed by atoms with van der Waals surface area (Å²) in [5.74, 6) is -2.87. The number of carbonyl (C=O) groups excluding carboxylic acids is 3. The van der Waals surface area contributed by atoms with Gasteiger partial charge >= 0.3 is 5.97 Å². The number of nitrogens with one attached hydrogen (secondary N) is 4. The van der Waals surface area contributed by atoms with Crippen LogP contribution in [0.25, 0.3) is 0 Å². The number of rotatable bonds is 12. The van der Waals surface area contributed by atoms with Crippen molar-refractivity contribution in [2.24, 2.45) is 0 Å². The molecule has 0 radical (unpaired) electrons. The van der Waals surface area contributed by atoms with Crippen LogP contribution in [0.3, 0.4) is 0 Å². The molecule has 166 valence electrons. The van der Waals surface area contributed by atoms with Gasteiger partial charge in [0.05, 0.1) is 18.8 Å². The molecular formula is C17H30N4O7S. The van der Waals surface area contributed by atoms with Gasteiger partial charge in [-0.05, 0) is 44.7 Å². The summed E-state index contributed by atoms with van der Waals surface area (Å²) in [7, 11) is 0. The zero-order valence-corrected chi connectivity index (χ0v) is 17.3. The average molecular weight is 435 g/mol. The molecule has 1 aliphatic heterocycles. The topological polar surface area (TPSA) is 177 Å². The van der Waals surface area contributed by atoms with Crippen molar-refractivity contribution < 1.29 is 34.5 Å². The van der Waals surface area contributed by atoms with Gasteiger partial charge in [0.25, 0.3) is 0 Å². The van der Waals surface area contributed by atoms with Gasteiger partial charge in [0.1, 0.15) is 18.1 Å². The Morgan fingerprint density at radius 1 is 1.14 bits per heavy atom. The molecule has 1 saturated heterocycles. The van der Waals surface area contributed by atoms with E-state index in [2.05, 4.69) is 21.3 Å². The smallest absolute Gasteiger partial charge is 0.328 e. The quantitative estimate of drug-likeness (QED) is 0.174. The lowest BCUT2D eigenvalue weighted by atomic mass is 10.1. The van der Waals surface area contributed by atoms with Crippen LogP contribution < -0.4 is 21.3 Å². The van der Waals surface area contributed by atoms with Gasteiger partial charge in [-0.25, -0.2) is 4.79 Å². The van der Waals surface area contributed by atoms with Gasteiger partial charge < -0.3 is 36.6 Å². The van der Waals surface area contributed by atoms with Gasteiger partial charge in [-0.3, -0.25) is 14.4 Å². The van der Waals surface area contributed by atoms with E-state index in [1.807, 2.05) is 0 Å². The highest BCUT2D eigenvalue weighted by Crippen LogP contribution is 2.07. The first-order valence-corrected chi connectivity index (χ1v) is 10.8. The Labute approximate surface area is 173 Å². The third-order valence-corrected chi connectivity index (χ3v) is 5.12. The van der Waals surface area contributed by atoms with Crippen LogP contribution in [0, 0.1) is 0 Å². The number of amides is 3. The van der Waals surface area contributed by atoms with Crippen LogP contribution in [-0.2, 0) is 19.2 Å². The molecular weight excluding hydrogens is 404 g/mol. The number of carboxylic acid groups (broad SMARTS) is 1. The highest BCUT2D eigenvalue weighted by atomic mass is 32.2.